The molecule has 258 valence electrons. The highest BCUT2D eigenvalue weighted by Gasteiger charge is 2.09. The number of nitrogens with zero attached hydrogens (tertiary/aromatic N) is 1. The van der Waals surface area contributed by atoms with Crippen LogP contribution in [0.4, 0.5) is 0 Å². The molecule has 0 aliphatic carbocycles. The van der Waals surface area contributed by atoms with E-state index in [2.05, 4.69) is 42.7 Å². The van der Waals surface area contributed by atoms with Gasteiger partial charge in [0.25, 0.3) is 0 Å². The number of aromatic nitrogens is 1. The van der Waals surface area contributed by atoms with Crippen LogP contribution in [0.2, 0.25) is 0 Å². The maximum absolute atomic E-state index is 12.4. The molecule has 3 heteroatoms. The van der Waals surface area contributed by atoms with Crippen molar-refractivity contribution < 1.29 is 14.1 Å². The zero-order valence-corrected chi connectivity index (χ0v) is 30.1. The van der Waals surface area contributed by atoms with Crippen LogP contribution in [-0.2, 0) is 11.3 Å². The van der Waals surface area contributed by atoms with Crippen molar-refractivity contribution in [1.82, 2.24) is 0 Å². The quantitative estimate of drug-likeness (QED) is 0.0337. The molecule has 0 bridgehead atoms. The molecule has 0 spiro atoms. The summed E-state index contributed by atoms with van der Waals surface area (Å²) in [4.78, 5) is 12.4. The van der Waals surface area contributed by atoms with Crippen molar-refractivity contribution in [2.75, 3.05) is 6.61 Å². The first-order chi connectivity index (χ1) is 22.3. The fourth-order valence-electron chi connectivity index (χ4n) is 5.88. The van der Waals surface area contributed by atoms with Gasteiger partial charge >= 0.3 is 5.97 Å². The summed E-state index contributed by atoms with van der Waals surface area (Å²) in [6.45, 7) is 6.11. The molecule has 0 saturated carbocycles. The van der Waals surface area contributed by atoms with Gasteiger partial charge in [0.2, 0.25) is 0 Å². The predicted octanol–water partition coefficient (Wildman–Crippen LogP) is 13.2. The van der Waals surface area contributed by atoms with Crippen LogP contribution in [0.1, 0.15) is 204 Å². The Balaban J connectivity index is 1.90. The molecular weight excluding hydrogens is 550 g/mol. The van der Waals surface area contributed by atoms with E-state index in [1.807, 2.05) is 24.5 Å². The summed E-state index contributed by atoms with van der Waals surface area (Å²) in [6.07, 6.45) is 50.3. The van der Waals surface area contributed by atoms with Crippen molar-refractivity contribution >= 4 is 5.97 Å². The Labute approximate surface area is 280 Å². The van der Waals surface area contributed by atoms with Gasteiger partial charge in [-0.3, -0.25) is 0 Å². The summed E-state index contributed by atoms with van der Waals surface area (Å²) in [5, 5.41) is 0. The number of ether oxygens (including phenoxy) is 1. The Morgan fingerprint density at radius 3 is 1.29 bits per heavy atom. The molecule has 1 aromatic rings. The third-order valence-corrected chi connectivity index (χ3v) is 8.94. The molecule has 1 rings (SSSR count). The van der Waals surface area contributed by atoms with E-state index in [-0.39, 0.29) is 5.97 Å². The Morgan fingerprint density at radius 1 is 0.511 bits per heavy atom. The number of hydrogen-bond acceptors (Lipinski definition) is 2. The summed E-state index contributed by atoms with van der Waals surface area (Å²) in [5.41, 5.74) is 0.664. The molecule has 0 fully saturated rings. The molecule has 0 radical (unpaired) electrons. The van der Waals surface area contributed by atoms with Crippen molar-refractivity contribution in [1.29, 1.82) is 0 Å². The first-order valence-electron chi connectivity index (χ1n) is 19.7. The molecule has 3 nitrogen and oxygen atoms in total. The first kappa shape index (κ1) is 41.1. The highest BCUT2D eigenvalue weighted by Crippen LogP contribution is 2.12. The molecule has 0 atom stereocenters. The van der Waals surface area contributed by atoms with Gasteiger partial charge in [0, 0.05) is 18.6 Å². The van der Waals surface area contributed by atoms with E-state index in [1.165, 1.54) is 167 Å². The van der Waals surface area contributed by atoms with Crippen LogP contribution < -0.4 is 4.57 Å². The van der Waals surface area contributed by atoms with E-state index < -0.39 is 0 Å². The van der Waals surface area contributed by atoms with E-state index in [0.717, 1.165) is 19.4 Å². The lowest BCUT2D eigenvalue weighted by Gasteiger charge is -2.05. The van der Waals surface area contributed by atoms with Gasteiger partial charge in [-0.25, -0.2) is 9.36 Å². The maximum atomic E-state index is 12.4. The Bertz CT molecular complexity index is 812. The van der Waals surface area contributed by atoms with Crippen molar-refractivity contribution in [2.45, 2.75) is 200 Å². The highest BCUT2D eigenvalue weighted by atomic mass is 16.5. The number of unbranched alkanes of at least 4 members (excludes halogenated alkanes) is 24. The van der Waals surface area contributed by atoms with Gasteiger partial charge in [-0.15, -0.1) is 0 Å². The van der Waals surface area contributed by atoms with Crippen LogP contribution in [-0.4, -0.2) is 12.6 Å². The Kier molecular flexibility index (Phi) is 30.6. The molecule has 1 heterocycles. The van der Waals surface area contributed by atoms with Gasteiger partial charge in [-0.2, -0.15) is 0 Å². The predicted molar refractivity (Wildman–Crippen MR) is 196 cm³/mol. The van der Waals surface area contributed by atoms with E-state index >= 15 is 0 Å². The lowest BCUT2D eigenvalue weighted by atomic mass is 10.1. The van der Waals surface area contributed by atoms with E-state index in [4.69, 9.17) is 4.74 Å². The van der Waals surface area contributed by atoms with Gasteiger partial charge < -0.3 is 4.74 Å². The maximum Gasteiger partial charge on any atom is 0.338 e. The Hall–Kier alpha value is -1.90. The normalized spacial score (nSPS) is 11.7. The monoisotopic (exact) mass is 625 g/mol. The fourth-order valence-corrected chi connectivity index (χ4v) is 5.88. The minimum absolute atomic E-state index is 0.188. The lowest BCUT2D eigenvalue weighted by Crippen LogP contribution is -2.32. The number of carbonyl (C=O) groups is 1. The molecule has 0 N–H and O–H groups in total. The summed E-state index contributed by atoms with van der Waals surface area (Å²) in [6, 6.07) is 3.81. The van der Waals surface area contributed by atoms with Crippen LogP contribution in [0, 0.1) is 0 Å². The largest absolute Gasteiger partial charge is 0.462 e. The number of rotatable bonds is 33. The Morgan fingerprint density at radius 2 is 0.867 bits per heavy atom. The molecule has 0 amide bonds. The lowest BCUT2D eigenvalue weighted by molar-refractivity contribution is -0.697. The summed E-state index contributed by atoms with van der Waals surface area (Å²) in [7, 11) is 0. The smallest absolute Gasteiger partial charge is 0.338 e. The van der Waals surface area contributed by atoms with Crippen molar-refractivity contribution in [3.05, 3.63) is 54.4 Å². The van der Waals surface area contributed by atoms with Crippen LogP contribution in [0.25, 0.3) is 0 Å². The zero-order valence-electron chi connectivity index (χ0n) is 30.1. The average molecular weight is 625 g/mol. The fraction of sp³-hybridized carbons (Fsp3) is 0.762. The molecule has 1 aromatic heterocycles. The summed E-state index contributed by atoms with van der Waals surface area (Å²) >= 11 is 0. The van der Waals surface area contributed by atoms with Crippen LogP contribution in [0.5, 0.6) is 0 Å². The number of carbonyl (C=O) groups excluding carboxylic acids is 1. The topological polar surface area (TPSA) is 30.2 Å². The highest BCUT2D eigenvalue weighted by molar-refractivity contribution is 5.88. The molecular formula is C42H74NO2+. The molecule has 0 aliphatic heterocycles. The average Bonchev–Trinajstić information content (AvgIpc) is 3.06. The molecule has 0 aromatic carbocycles. The molecule has 0 aliphatic rings. The molecule has 0 unspecified atom stereocenters. The zero-order chi connectivity index (χ0) is 32.3. The second-order valence-electron chi connectivity index (χ2n) is 13.3. The summed E-state index contributed by atoms with van der Waals surface area (Å²) in [5.74, 6) is -0.188. The van der Waals surface area contributed by atoms with Crippen LogP contribution in [0.15, 0.2) is 48.8 Å². The number of esters is 1. The van der Waals surface area contributed by atoms with Gasteiger partial charge in [0.15, 0.2) is 12.4 Å². The van der Waals surface area contributed by atoms with Gasteiger partial charge in [0.05, 0.1) is 12.2 Å². The molecule has 0 saturated heterocycles. The second kappa shape index (κ2) is 33.5. The SMILES string of the molecule is CCCCCCCCC=CCCCCCCCCOC(=O)c1cc[n+](CCCCCCCCC=CCCCCCCCC)cc1. The third-order valence-electron chi connectivity index (χ3n) is 8.94. The van der Waals surface area contributed by atoms with Gasteiger partial charge in [0.1, 0.15) is 6.54 Å². The molecule has 45 heavy (non-hydrogen) atoms. The first-order valence-corrected chi connectivity index (χ1v) is 19.7. The van der Waals surface area contributed by atoms with E-state index in [9.17, 15) is 4.79 Å². The van der Waals surface area contributed by atoms with Crippen LogP contribution >= 0.6 is 0 Å². The van der Waals surface area contributed by atoms with E-state index in [0.29, 0.717) is 12.2 Å². The second-order valence-corrected chi connectivity index (χ2v) is 13.3. The van der Waals surface area contributed by atoms with Crippen molar-refractivity contribution in [3.63, 3.8) is 0 Å². The standard InChI is InChI=1S/C42H74NO2/c1-3-5-7-9-11-13-15-17-19-21-23-25-27-29-31-33-37-43-38-35-41(36-39-43)42(44)45-40-34-32-30-28-26-24-22-20-18-16-14-12-10-8-6-4-2/h17-20,35-36,38-39H,3-16,21-34,37,40H2,1-2H3/q+1. The minimum Gasteiger partial charge on any atom is -0.462 e. The number of hydrogen-bond donors (Lipinski definition) is 0. The van der Waals surface area contributed by atoms with Crippen LogP contribution in [0.3, 0.4) is 0 Å². The number of pyridine rings is 1. The van der Waals surface area contributed by atoms with Gasteiger partial charge in [-0.05, 0) is 64.2 Å². The van der Waals surface area contributed by atoms with Crippen molar-refractivity contribution in [3.8, 4) is 0 Å². The minimum atomic E-state index is -0.188. The number of aryl methyl sites for hydroxylation is 1. The van der Waals surface area contributed by atoms with Crippen molar-refractivity contribution in [2.24, 2.45) is 0 Å². The van der Waals surface area contributed by atoms with E-state index in [1.54, 1.807) is 0 Å². The van der Waals surface area contributed by atoms with Gasteiger partial charge in [-0.1, -0.05) is 147 Å². The summed E-state index contributed by atoms with van der Waals surface area (Å²) < 4.78 is 7.71. The third kappa shape index (κ3) is 28.1. The number of allylic oxidation sites excluding steroid dienone is 4.